The van der Waals surface area contributed by atoms with E-state index in [0.29, 0.717) is 0 Å². The van der Waals surface area contributed by atoms with Gasteiger partial charge in [-0.25, -0.2) is 4.39 Å². The summed E-state index contributed by atoms with van der Waals surface area (Å²) >= 11 is 0. The summed E-state index contributed by atoms with van der Waals surface area (Å²) in [6.45, 7) is 3.84. The second kappa shape index (κ2) is 6.26. The number of nitro groups is 1. The van der Waals surface area contributed by atoms with Crippen LogP contribution in [0.1, 0.15) is 37.0 Å². The van der Waals surface area contributed by atoms with Crippen LogP contribution in [0.3, 0.4) is 0 Å². The number of halogens is 1. The van der Waals surface area contributed by atoms with Crippen molar-refractivity contribution in [3.63, 3.8) is 0 Å². The number of nitro benzene ring substituents is 1. The minimum atomic E-state index is -0.676. The highest BCUT2D eigenvalue weighted by Gasteiger charge is 2.25. The van der Waals surface area contributed by atoms with Crippen molar-refractivity contribution in [1.82, 2.24) is 4.90 Å². The Balaban J connectivity index is 3.11. The van der Waals surface area contributed by atoms with Crippen LogP contribution in [0.2, 0.25) is 0 Å². The van der Waals surface area contributed by atoms with Gasteiger partial charge >= 0.3 is 0 Å². The molecule has 0 N–H and O–H groups in total. The SMILES string of the molecule is CCCC(C)N(C)C(=O)c1cc(F)ccc1[N+](=O)[O-]. The van der Waals surface area contributed by atoms with Crippen LogP contribution < -0.4 is 0 Å². The summed E-state index contributed by atoms with van der Waals surface area (Å²) < 4.78 is 13.2. The summed E-state index contributed by atoms with van der Waals surface area (Å²) in [5.41, 5.74) is -0.586. The molecule has 0 aliphatic carbocycles. The van der Waals surface area contributed by atoms with Gasteiger partial charge in [0.25, 0.3) is 11.6 Å². The van der Waals surface area contributed by atoms with E-state index in [9.17, 15) is 19.3 Å². The van der Waals surface area contributed by atoms with Crippen LogP contribution >= 0.6 is 0 Å². The third kappa shape index (κ3) is 3.49. The average molecular weight is 268 g/mol. The molecule has 6 heteroatoms. The molecular formula is C13H17FN2O3. The lowest BCUT2D eigenvalue weighted by Crippen LogP contribution is -2.35. The van der Waals surface area contributed by atoms with Crippen molar-refractivity contribution in [3.05, 3.63) is 39.7 Å². The van der Waals surface area contributed by atoms with Crippen LogP contribution in [0.5, 0.6) is 0 Å². The number of carbonyl (C=O) groups excluding carboxylic acids is 1. The smallest absolute Gasteiger partial charge is 0.282 e. The Morgan fingerprint density at radius 3 is 2.68 bits per heavy atom. The molecule has 1 aromatic carbocycles. The zero-order valence-electron chi connectivity index (χ0n) is 11.2. The normalized spacial score (nSPS) is 12.0. The Morgan fingerprint density at radius 2 is 2.16 bits per heavy atom. The van der Waals surface area contributed by atoms with Gasteiger partial charge in [-0.15, -0.1) is 0 Å². The largest absolute Gasteiger partial charge is 0.339 e. The Hall–Kier alpha value is -1.98. The molecular weight excluding hydrogens is 251 g/mol. The van der Waals surface area contributed by atoms with Gasteiger partial charge in [0.1, 0.15) is 11.4 Å². The molecule has 104 valence electrons. The fraction of sp³-hybridized carbons (Fsp3) is 0.462. The van der Waals surface area contributed by atoms with E-state index in [1.807, 2.05) is 13.8 Å². The van der Waals surface area contributed by atoms with Crippen LogP contribution in [0.25, 0.3) is 0 Å². The molecule has 0 heterocycles. The summed E-state index contributed by atoms with van der Waals surface area (Å²) in [6, 6.07) is 2.85. The lowest BCUT2D eigenvalue weighted by Gasteiger charge is -2.24. The van der Waals surface area contributed by atoms with Crippen molar-refractivity contribution in [1.29, 1.82) is 0 Å². The van der Waals surface area contributed by atoms with Crippen molar-refractivity contribution in [3.8, 4) is 0 Å². The fourth-order valence-electron chi connectivity index (χ4n) is 1.84. The summed E-state index contributed by atoms with van der Waals surface area (Å²) in [5, 5.41) is 10.9. The topological polar surface area (TPSA) is 63.5 Å². The standard InChI is InChI=1S/C13H17FN2O3/c1-4-5-9(2)15(3)13(17)11-8-10(14)6-7-12(11)16(18)19/h6-9H,4-5H2,1-3H3. The second-order valence-electron chi connectivity index (χ2n) is 4.47. The zero-order valence-corrected chi connectivity index (χ0v) is 11.2. The number of carbonyl (C=O) groups is 1. The number of amides is 1. The van der Waals surface area contributed by atoms with E-state index in [1.54, 1.807) is 7.05 Å². The Labute approximate surface area is 111 Å². The molecule has 0 spiro atoms. The summed E-state index contributed by atoms with van der Waals surface area (Å²) in [5.74, 6) is -1.20. The van der Waals surface area contributed by atoms with Gasteiger partial charge in [-0.2, -0.15) is 0 Å². The first-order valence-corrected chi connectivity index (χ1v) is 6.09. The van der Waals surface area contributed by atoms with E-state index < -0.39 is 16.6 Å². The predicted molar refractivity (Wildman–Crippen MR) is 69.5 cm³/mol. The fourth-order valence-corrected chi connectivity index (χ4v) is 1.84. The summed E-state index contributed by atoms with van der Waals surface area (Å²) in [4.78, 5) is 23.8. The highest BCUT2D eigenvalue weighted by molar-refractivity contribution is 5.98. The van der Waals surface area contributed by atoms with E-state index in [0.717, 1.165) is 31.0 Å². The maximum atomic E-state index is 13.2. The molecule has 0 bridgehead atoms. The van der Waals surface area contributed by atoms with Crippen LogP contribution in [0.15, 0.2) is 18.2 Å². The van der Waals surface area contributed by atoms with Gasteiger partial charge in [0.2, 0.25) is 0 Å². The first-order valence-electron chi connectivity index (χ1n) is 6.09. The molecule has 0 radical (unpaired) electrons. The van der Waals surface area contributed by atoms with Gasteiger partial charge in [0.05, 0.1) is 4.92 Å². The molecule has 0 aliphatic heterocycles. The predicted octanol–water partition coefficient (Wildman–Crippen LogP) is 2.99. The molecule has 19 heavy (non-hydrogen) atoms. The van der Waals surface area contributed by atoms with Gasteiger partial charge in [-0.3, -0.25) is 14.9 Å². The van der Waals surface area contributed by atoms with Crippen LogP contribution in [-0.4, -0.2) is 28.8 Å². The second-order valence-corrected chi connectivity index (χ2v) is 4.47. The number of nitrogens with zero attached hydrogens (tertiary/aromatic N) is 2. The molecule has 0 aliphatic rings. The van der Waals surface area contributed by atoms with Gasteiger partial charge in [-0.05, 0) is 25.5 Å². The highest BCUT2D eigenvalue weighted by atomic mass is 19.1. The summed E-state index contributed by atoms with van der Waals surface area (Å²) in [6.07, 6.45) is 1.68. The zero-order chi connectivity index (χ0) is 14.6. The first-order chi connectivity index (χ1) is 8.88. The third-order valence-electron chi connectivity index (χ3n) is 3.07. The van der Waals surface area contributed by atoms with Crippen molar-refractivity contribution in [2.24, 2.45) is 0 Å². The van der Waals surface area contributed by atoms with Crippen molar-refractivity contribution >= 4 is 11.6 Å². The lowest BCUT2D eigenvalue weighted by molar-refractivity contribution is -0.385. The number of hydrogen-bond acceptors (Lipinski definition) is 3. The van der Waals surface area contributed by atoms with E-state index in [4.69, 9.17) is 0 Å². The first kappa shape index (κ1) is 15.1. The Bertz CT molecular complexity index is 491. The molecule has 1 unspecified atom stereocenters. The van der Waals surface area contributed by atoms with Crippen LogP contribution in [0, 0.1) is 15.9 Å². The lowest BCUT2D eigenvalue weighted by atomic mass is 10.1. The minimum Gasteiger partial charge on any atom is -0.339 e. The maximum Gasteiger partial charge on any atom is 0.282 e. The summed E-state index contributed by atoms with van der Waals surface area (Å²) in [7, 11) is 1.57. The molecule has 0 saturated carbocycles. The third-order valence-corrected chi connectivity index (χ3v) is 3.07. The number of hydrogen-bond donors (Lipinski definition) is 0. The molecule has 0 aromatic heterocycles. The Kier molecular flexibility index (Phi) is 4.97. The molecule has 1 amide bonds. The maximum absolute atomic E-state index is 13.2. The van der Waals surface area contributed by atoms with Crippen LogP contribution in [-0.2, 0) is 0 Å². The van der Waals surface area contributed by atoms with E-state index >= 15 is 0 Å². The van der Waals surface area contributed by atoms with Crippen molar-refractivity contribution in [2.75, 3.05) is 7.05 Å². The van der Waals surface area contributed by atoms with E-state index in [-0.39, 0.29) is 17.3 Å². The molecule has 0 saturated heterocycles. The van der Waals surface area contributed by atoms with Crippen LogP contribution in [0.4, 0.5) is 10.1 Å². The monoisotopic (exact) mass is 268 g/mol. The quantitative estimate of drug-likeness (QED) is 0.609. The van der Waals surface area contributed by atoms with Crippen molar-refractivity contribution in [2.45, 2.75) is 32.7 Å². The van der Waals surface area contributed by atoms with E-state index in [2.05, 4.69) is 0 Å². The van der Waals surface area contributed by atoms with Gasteiger partial charge in [0.15, 0.2) is 0 Å². The average Bonchev–Trinajstić information content (AvgIpc) is 2.36. The number of rotatable bonds is 5. The molecule has 0 fully saturated rings. The van der Waals surface area contributed by atoms with Crippen molar-refractivity contribution < 1.29 is 14.1 Å². The van der Waals surface area contributed by atoms with Gasteiger partial charge in [0, 0.05) is 19.2 Å². The molecule has 1 rings (SSSR count). The van der Waals surface area contributed by atoms with Gasteiger partial charge < -0.3 is 4.90 Å². The Morgan fingerprint density at radius 1 is 1.53 bits per heavy atom. The molecule has 1 aromatic rings. The highest BCUT2D eigenvalue weighted by Crippen LogP contribution is 2.22. The van der Waals surface area contributed by atoms with E-state index in [1.165, 1.54) is 4.90 Å². The van der Waals surface area contributed by atoms with Gasteiger partial charge in [-0.1, -0.05) is 13.3 Å². The molecule has 5 nitrogen and oxygen atoms in total. The number of benzene rings is 1. The molecule has 1 atom stereocenters. The minimum absolute atomic E-state index is 0.0552.